The van der Waals surface area contributed by atoms with Crippen LogP contribution in [0.5, 0.6) is 0 Å². The first kappa shape index (κ1) is 17.0. The largest absolute Gasteiger partial charge is 0.335 e. The van der Waals surface area contributed by atoms with Gasteiger partial charge in [-0.3, -0.25) is 15.0 Å². The number of nitriles is 1. The zero-order valence-corrected chi connectivity index (χ0v) is 13.5. The molecule has 1 saturated carbocycles. The maximum atomic E-state index is 12.0. The minimum Gasteiger partial charge on any atom is -0.335 e. The van der Waals surface area contributed by atoms with Gasteiger partial charge in [0.25, 0.3) is 0 Å². The predicted octanol–water partition coefficient (Wildman–Crippen LogP) is 1.93. The molecule has 1 aliphatic carbocycles. The number of rotatable bonds is 6. The average molecular weight is 314 g/mol. The second-order valence-electron chi connectivity index (χ2n) is 5.77. The molecule has 6 nitrogen and oxygen atoms in total. The number of hydrogen-bond donors (Lipinski definition) is 2. The summed E-state index contributed by atoms with van der Waals surface area (Å²) >= 11 is 0. The average Bonchev–Trinajstić information content (AvgIpc) is 3.35. The summed E-state index contributed by atoms with van der Waals surface area (Å²) < 4.78 is 0. The summed E-state index contributed by atoms with van der Waals surface area (Å²) in [5.41, 5.74) is 1.64. The molecule has 1 aromatic rings. The van der Waals surface area contributed by atoms with Crippen LogP contribution >= 0.6 is 0 Å². The second-order valence-corrected chi connectivity index (χ2v) is 5.77. The molecule has 0 radical (unpaired) electrons. The Morgan fingerprint density at radius 1 is 1.35 bits per heavy atom. The van der Waals surface area contributed by atoms with E-state index in [-0.39, 0.29) is 24.5 Å². The van der Waals surface area contributed by atoms with Crippen molar-refractivity contribution < 1.29 is 9.59 Å². The van der Waals surface area contributed by atoms with Crippen LogP contribution in [0.1, 0.15) is 43.9 Å². The number of carbonyl (C=O) groups is 2. The van der Waals surface area contributed by atoms with Gasteiger partial charge in [0, 0.05) is 12.1 Å². The second kappa shape index (κ2) is 7.75. The lowest BCUT2D eigenvalue weighted by molar-refractivity contribution is -0.121. The Hall–Kier alpha value is -2.39. The van der Waals surface area contributed by atoms with Crippen LogP contribution in [0.2, 0.25) is 0 Å². The lowest BCUT2D eigenvalue weighted by Crippen LogP contribution is -2.45. The molecule has 122 valence electrons. The van der Waals surface area contributed by atoms with E-state index < -0.39 is 6.03 Å². The first-order chi connectivity index (χ1) is 11.0. The smallest absolute Gasteiger partial charge is 0.321 e. The van der Waals surface area contributed by atoms with Crippen molar-refractivity contribution in [3.63, 3.8) is 0 Å². The van der Waals surface area contributed by atoms with Gasteiger partial charge in [-0.1, -0.05) is 19.1 Å². The topological polar surface area (TPSA) is 85.2 Å². The Morgan fingerprint density at radius 2 is 2.00 bits per heavy atom. The highest BCUT2D eigenvalue weighted by atomic mass is 16.2. The fourth-order valence-corrected chi connectivity index (χ4v) is 2.37. The van der Waals surface area contributed by atoms with E-state index in [1.807, 2.05) is 30.9 Å². The van der Waals surface area contributed by atoms with E-state index >= 15 is 0 Å². The molecule has 1 atom stereocenters. The van der Waals surface area contributed by atoms with E-state index in [0.29, 0.717) is 12.1 Å². The van der Waals surface area contributed by atoms with Gasteiger partial charge < -0.3 is 5.32 Å². The van der Waals surface area contributed by atoms with E-state index in [9.17, 15) is 9.59 Å². The van der Waals surface area contributed by atoms with Crippen molar-refractivity contribution in [3.8, 4) is 6.07 Å². The van der Waals surface area contributed by atoms with Gasteiger partial charge in [0.2, 0.25) is 5.91 Å². The number of urea groups is 1. The van der Waals surface area contributed by atoms with Crippen molar-refractivity contribution >= 4 is 11.9 Å². The minimum atomic E-state index is -0.417. The first-order valence-electron chi connectivity index (χ1n) is 7.88. The minimum absolute atomic E-state index is 0.0185. The molecule has 0 saturated heterocycles. The third-order valence-corrected chi connectivity index (χ3v) is 3.99. The van der Waals surface area contributed by atoms with Gasteiger partial charge in [0.05, 0.1) is 18.2 Å². The molecule has 0 heterocycles. The van der Waals surface area contributed by atoms with Crippen LogP contribution in [-0.2, 0) is 4.79 Å². The van der Waals surface area contributed by atoms with Gasteiger partial charge in [-0.15, -0.1) is 0 Å². The molecule has 2 N–H and O–H groups in total. The molecule has 6 heteroatoms. The zero-order chi connectivity index (χ0) is 16.8. The lowest BCUT2D eigenvalue weighted by atomic mass is 10.1. The summed E-state index contributed by atoms with van der Waals surface area (Å²) in [6, 6.07) is 9.23. The zero-order valence-electron chi connectivity index (χ0n) is 13.5. The van der Waals surface area contributed by atoms with Crippen molar-refractivity contribution in [1.29, 1.82) is 5.26 Å². The van der Waals surface area contributed by atoms with E-state index in [1.54, 1.807) is 12.1 Å². The van der Waals surface area contributed by atoms with Crippen LogP contribution in [-0.4, -0.2) is 36.0 Å². The monoisotopic (exact) mass is 314 g/mol. The van der Waals surface area contributed by atoms with Crippen LogP contribution in [0.25, 0.3) is 0 Å². The SMILES string of the molecule is CCN(CC(=O)NC(=O)NC1CC1)[C@@H](C)c1ccc(C#N)cc1. The molecule has 1 aliphatic rings. The molecule has 0 bridgehead atoms. The molecule has 0 aromatic heterocycles. The van der Waals surface area contributed by atoms with Gasteiger partial charge in [-0.05, 0) is 44.0 Å². The summed E-state index contributed by atoms with van der Waals surface area (Å²) in [5.74, 6) is -0.314. The summed E-state index contributed by atoms with van der Waals surface area (Å²) in [6.45, 7) is 4.80. The Bertz CT molecular complexity index is 602. The summed E-state index contributed by atoms with van der Waals surface area (Å²) in [7, 11) is 0. The number of imide groups is 1. The number of nitrogens with zero attached hydrogens (tertiary/aromatic N) is 2. The van der Waals surface area contributed by atoms with Crippen molar-refractivity contribution in [2.24, 2.45) is 0 Å². The first-order valence-corrected chi connectivity index (χ1v) is 7.88. The van der Waals surface area contributed by atoms with Crippen LogP contribution in [0, 0.1) is 11.3 Å². The Kier molecular flexibility index (Phi) is 5.72. The molecular weight excluding hydrogens is 292 g/mol. The molecule has 3 amide bonds. The molecule has 1 aromatic carbocycles. The Balaban J connectivity index is 1.90. The Morgan fingerprint density at radius 3 is 2.52 bits per heavy atom. The highest BCUT2D eigenvalue weighted by Crippen LogP contribution is 2.20. The predicted molar refractivity (Wildman–Crippen MR) is 86.5 cm³/mol. The number of hydrogen-bond acceptors (Lipinski definition) is 4. The number of likely N-dealkylation sites (N-methyl/N-ethyl adjacent to an activating group) is 1. The van der Waals surface area contributed by atoms with Crippen molar-refractivity contribution in [2.45, 2.75) is 38.8 Å². The molecule has 0 aliphatic heterocycles. The number of carbonyl (C=O) groups excluding carboxylic acids is 2. The van der Waals surface area contributed by atoms with Crippen molar-refractivity contribution in [3.05, 3.63) is 35.4 Å². The number of nitrogens with one attached hydrogen (secondary N) is 2. The summed E-state index contributed by atoms with van der Waals surface area (Å²) in [4.78, 5) is 25.6. The summed E-state index contributed by atoms with van der Waals surface area (Å²) in [5, 5.41) is 13.9. The van der Waals surface area contributed by atoms with Crippen molar-refractivity contribution in [1.82, 2.24) is 15.5 Å². The van der Waals surface area contributed by atoms with Gasteiger partial charge in [0.1, 0.15) is 0 Å². The van der Waals surface area contributed by atoms with E-state index in [1.165, 1.54) is 0 Å². The van der Waals surface area contributed by atoms with E-state index in [4.69, 9.17) is 5.26 Å². The molecule has 0 unspecified atom stereocenters. The molecular formula is C17H22N4O2. The fraction of sp³-hybridized carbons (Fsp3) is 0.471. The maximum absolute atomic E-state index is 12.0. The Labute approximate surface area is 136 Å². The highest BCUT2D eigenvalue weighted by Gasteiger charge is 2.24. The summed E-state index contributed by atoms with van der Waals surface area (Å²) in [6.07, 6.45) is 1.97. The third kappa shape index (κ3) is 5.08. The van der Waals surface area contributed by atoms with Crippen molar-refractivity contribution in [2.75, 3.05) is 13.1 Å². The highest BCUT2D eigenvalue weighted by molar-refractivity contribution is 5.95. The van der Waals surface area contributed by atoms with Gasteiger partial charge in [-0.25, -0.2) is 4.79 Å². The van der Waals surface area contributed by atoms with Crippen LogP contribution in [0.3, 0.4) is 0 Å². The van der Waals surface area contributed by atoms with Crippen LogP contribution in [0.4, 0.5) is 4.79 Å². The molecule has 1 fully saturated rings. The fourth-order valence-electron chi connectivity index (χ4n) is 2.37. The molecule has 2 rings (SSSR count). The third-order valence-electron chi connectivity index (χ3n) is 3.99. The lowest BCUT2D eigenvalue weighted by Gasteiger charge is -2.27. The number of amides is 3. The number of benzene rings is 1. The van der Waals surface area contributed by atoms with Gasteiger partial charge in [-0.2, -0.15) is 5.26 Å². The van der Waals surface area contributed by atoms with E-state index in [0.717, 1.165) is 18.4 Å². The van der Waals surface area contributed by atoms with Crippen LogP contribution < -0.4 is 10.6 Å². The standard InChI is InChI=1S/C17H22N4O2/c1-3-21(11-16(22)20-17(23)19-15-8-9-15)12(2)14-6-4-13(10-18)5-7-14/h4-7,12,15H,3,8-9,11H2,1-2H3,(H2,19,20,22,23)/t12-/m0/s1. The molecule has 23 heavy (non-hydrogen) atoms. The van der Waals surface area contributed by atoms with Crippen LogP contribution in [0.15, 0.2) is 24.3 Å². The normalized spacial score (nSPS) is 14.9. The van der Waals surface area contributed by atoms with Gasteiger partial charge >= 0.3 is 6.03 Å². The van der Waals surface area contributed by atoms with Gasteiger partial charge in [0.15, 0.2) is 0 Å². The van der Waals surface area contributed by atoms with E-state index in [2.05, 4.69) is 16.7 Å². The molecule has 0 spiro atoms. The maximum Gasteiger partial charge on any atom is 0.321 e. The quantitative estimate of drug-likeness (QED) is 0.840.